The van der Waals surface area contributed by atoms with Gasteiger partial charge in [-0.05, 0) is 55.8 Å². The van der Waals surface area contributed by atoms with Crippen LogP contribution in [-0.4, -0.2) is 31.1 Å². The second-order valence-corrected chi connectivity index (χ2v) is 6.78. The van der Waals surface area contributed by atoms with Crippen molar-refractivity contribution in [3.05, 3.63) is 59.1 Å². The van der Waals surface area contributed by atoms with Crippen LogP contribution in [0, 0.1) is 0 Å². The Morgan fingerprint density at radius 1 is 1.18 bits per heavy atom. The fraction of sp³-hybridized carbons (Fsp3) is 0.333. The van der Waals surface area contributed by atoms with Crippen molar-refractivity contribution in [2.24, 2.45) is 4.99 Å². The molecule has 0 radical (unpaired) electrons. The summed E-state index contributed by atoms with van der Waals surface area (Å²) in [5.41, 5.74) is 1.78. The number of hydrogen-bond donors (Lipinski definition) is 3. The second-order valence-electron chi connectivity index (χ2n) is 6.34. The van der Waals surface area contributed by atoms with Crippen LogP contribution in [0.2, 0.25) is 5.02 Å². The standard InChI is InChI=1S/C21H27ClN4O2/c1-4-23-21(24-13-15(2)28-20-10-8-18(22)9-11-20)25-14-17-6-5-7-19(12-17)26-16(3)27/h5-12,15H,4,13-14H2,1-3H3,(H,26,27)(H2,23,24,25). The van der Waals surface area contributed by atoms with Crippen molar-refractivity contribution in [3.63, 3.8) is 0 Å². The van der Waals surface area contributed by atoms with E-state index in [1.54, 1.807) is 12.1 Å². The van der Waals surface area contributed by atoms with E-state index in [2.05, 4.69) is 20.9 Å². The highest BCUT2D eigenvalue weighted by atomic mass is 35.5. The Bertz CT molecular complexity index is 793. The quantitative estimate of drug-likeness (QED) is 0.463. The van der Waals surface area contributed by atoms with E-state index in [0.29, 0.717) is 24.1 Å². The van der Waals surface area contributed by atoms with Crippen LogP contribution in [0.4, 0.5) is 5.69 Å². The zero-order chi connectivity index (χ0) is 20.4. The first-order chi connectivity index (χ1) is 13.5. The lowest BCUT2D eigenvalue weighted by Gasteiger charge is -2.17. The smallest absolute Gasteiger partial charge is 0.221 e. The number of aliphatic imine (C=N–C) groups is 1. The van der Waals surface area contributed by atoms with Gasteiger partial charge in [-0.1, -0.05) is 23.7 Å². The van der Waals surface area contributed by atoms with Crippen LogP contribution in [0.15, 0.2) is 53.5 Å². The Balaban J connectivity index is 1.90. The molecule has 1 unspecified atom stereocenters. The van der Waals surface area contributed by atoms with Crippen molar-refractivity contribution >= 4 is 29.2 Å². The fourth-order valence-corrected chi connectivity index (χ4v) is 2.62. The van der Waals surface area contributed by atoms with Gasteiger partial charge in [-0.2, -0.15) is 0 Å². The molecular weight excluding hydrogens is 376 g/mol. The number of benzene rings is 2. The van der Waals surface area contributed by atoms with E-state index in [-0.39, 0.29) is 12.0 Å². The minimum absolute atomic E-state index is 0.0480. The van der Waals surface area contributed by atoms with E-state index in [1.807, 2.05) is 50.2 Å². The third kappa shape index (κ3) is 7.88. The highest BCUT2D eigenvalue weighted by Gasteiger charge is 2.06. The molecule has 0 saturated heterocycles. The van der Waals surface area contributed by atoms with E-state index >= 15 is 0 Å². The highest BCUT2D eigenvalue weighted by molar-refractivity contribution is 6.30. The summed E-state index contributed by atoms with van der Waals surface area (Å²) >= 11 is 5.89. The average molecular weight is 403 g/mol. The summed E-state index contributed by atoms with van der Waals surface area (Å²) in [6.07, 6.45) is -0.0480. The molecule has 0 bridgehead atoms. The lowest BCUT2D eigenvalue weighted by atomic mass is 10.2. The minimum Gasteiger partial charge on any atom is -0.489 e. The van der Waals surface area contributed by atoms with Gasteiger partial charge < -0.3 is 20.7 Å². The third-order valence-electron chi connectivity index (χ3n) is 3.72. The predicted octanol–water partition coefficient (Wildman–Crippen LogP) is 3.82. The molecule has 0 aromatic heterocycles. The molecule has 6 nitrogen and oxygen atoms in total. The highest BCUT2D eigenvalue weighted by Crippen LogP contribution is 2.16. The van der Waals surface area contributed by atoms with Crippen LogP contribution in [0.5, 0.6) is 5.75 Å². The summed E-state index contributed by atoms with van der Waals surface area (Å²) in [4.78, 5) is 15.8. The van der Waals surface area contributed by atoms with Crippen molar-refractivity contribution in [1.82, 2.24) is 10.6 Å². The largest absolute Gasteiger partial charge is 0.489 e. The lowest BCUT2D eigenvalue weighted by molar-refractivity contribution is -0.114. The molecule has 0 aliphatic rings. The van der Waals surface area contributed by atoms with Gasteiger partial charge in [-0.25, -0.2) is 4.99 Å². The molecule has 0 aliphatic carbocycles. The summed E-state index contributed by atoms with van der Waals surface area (Å²) in [7, 11) is 0. The van der Waals surface area contributed by atoms with Gasteiger partial charge in [0.1, 0.15) is 11.9 Å². The first kappa shape index (κ1) is 21.6. The van der Waals surface area contributed by atoms with Gasteiger partial charge in [0.05, 0.1) is 13.1 Å². The summed E-state index contributed by atoms with van der Waals surface area (Å²) < 4.78 is 5.87. The molecule has 0 fully saturated rings. The van der Waals surface area contributed by atoms with E-state index < -0.39 is 0 Å². The minimum atomic E-state index is -0.0923. The molecule has 2 rings (SSSR count). The molecule has 2 aromatic rings. The maximum atomic E-state index is 11.2. The molecule has 0 aliphatic heterocycles. The van der Waals surface area contributed by atoms with E-state index in [9.17, 15) is 4.79 Å². The summed E-state index contributed by atoms with van der Waals surface area (Å²) in [6, 6.07) is 15.0. The number of amides is 1. The Hall–Kier alpha value is -2.73. The molecule has 0 saturated carbocycles. The first-order valence-corrected chi connectivity index (χ1v) is 9.65. The number of hydrogen-bond acceptors (Lipinski definition) is 3. The first-order valence-electron chi connectivity index (χ1n) is 9.27. The van der Waals surface area contributed by atoms with Gasteiger partial charge in [0.25, 0.3) is 0 Å². The number of nitrogens with zero attached hydrogens (tertiary/aromatic N) is 1. The number of anilines is 1. The van der Waals surface area contributed by atoms with Crippen molar-refractivity contribution in [2.75, 3.05) is 18.4 Å². The van der Waals surface area contributed by atoms with Gasteiger partial charge >= 0.3 is 0 Å². The Kier molecular flexibility index (Phi) is 8.62. The van der Waals surface area contributed by atoms with Gasteiger partial charge in [0.15, 0.2) is 5.96 Å². The van der Waals surface area contributed by atoms with Crippen LogP contribution in [-0.2, 0) is 11.3 Å². The Morgan fingerprint density at radius 3 is 2.61 bits per heavy atom. The van der Waals surface area contributed by atoms with Gasteiger partial charge in [0.2, 0.25) is 5.91 Å². The van der Waals surface area contributed by atoms with E-state index in [1.165, 1.54) is 6.92 Å². The van der Waals surface area contributed by atoms with Crippen LogP contribution in [0.1, 0.15) is 26.3 Å². The molecule has 1 atom stereocenters. The van der Waals surface area contributed by atoms with Gasteiger partial charge in [-0.3, -0.25) is 4.79 Å². The number of guanidine groups is 1. The third-order valence-corrected chi connectivity index (χ3v) is 3.97. The molecule has 1 amide bonds. The SMILES string of the molecule is CCNC(=NCc1cccc(NC(C)=O)c1)NCC(C)Oc1ccc(Cl)cc1. The summed E-state index contributed by atoms with van der Waals surface area (Å²) in [6.45, 7) is 7.34. The van der Waals surface area contributed by atoms with E-state index in [4.69, 9.17) is 16.3 Å². The van der Waals surface area contributed by atoms with Crippen molar-refractivity contribution < 1.29 is 9.53 Å². The lowest BCUT2D eigenvalue weighted by Crippen LogP contribution is -2.41. The Morgan fingerprint density at radius 2 is 1.93 bits per heavy atom. The number of halogens is 1. The zero-order valence-electron chi connectivity index (χ0n) is 16.5. The molecule has 7 heteroatoms. The molecule has 2 aromatic carbocycles. The number of rotatable bonds is 8. The Labute approximate surface area is 171 Å². The molecule has 150 valence electrons. The fourth-order valence-electron chi connectivity index (χ4n) is 2.49. The van der Waals surface area contributed by atoms with Gasteiger partial charge in [0, 0.05) is 24.2 Å². The topological polar surface area (TPSA) is 74.8 Å². The molecule has 0 spiro atoms. The number of carbonyl (C=O) groups is 1. The number of ether oxygens (including phenoxy) is 1. The van der Waals surface area contributed by atoms with Crippen LogP contribution >= 0.6 is 11.6 Å². The number of carbonyl (C=O) groups excluding carboxylic acids is 1. The molecule has 0 heterocycles. The van der Waals surface area contributed by atoms with Crippen LogP contribution < -0.4 is 20.7 Å². The number of nitrogens with one attached hydrogen (secondary N) is 3. The molecular formula is C21H27ClN4O2. The van der Waals surface area contributed by atoms with Crippen LogP contribution in [0.3, 0.4) is 0 Å². The average Bonchev–Trinajstić information content (AvgIpc) is 2.65. The molecule has 3 N–H and O–H groups in total. The van der Waals surface area contributed by atoms with Crippen molar-refractivity contribution in [3.8, 4) is 5.75 Å². The van der Waals surface area contributed by atoms with Gasteiger partial charge in [-0.15, -0.1) is 0 Å². The van der Waals surface area contributed by atoms with E-state index in [0.717, 1.165) is 23.5 Å². The predicted molar refractivity (Wildman–Crippen MR) is 115 cm³/mol. The second kappa shape index (κ2) is 11.2. The summed E-state index contributed by atoms with van der Waals surface area (Å²) in [5, 5.41) is 9.97. The molecule has 28 heavy (non-hydrogen) atoms. The van der Waals surface area contributed by atoms with Crippen molar-refractivity contribution in [1.29, 1.82) is 0 Å². The maximum Gasteiger partial charge on any atom is 0.221 e. The monoisotopic (exact) mass is 402 g/mol. The maximum absolute atomic E-state index is 11.2. The summed E-state index contributed by atoms with van der Waals surface area (Å²) in [5.74, 6) is 1.39. The zero-order valence-corrected chi connectivity index (χ0v) is 17.2. The van der Waals surface area contributed by atoms with Crippen LogP contribution in [0.25, 0.3) is 0 Å². The van der Waals surface area contributed by atoms with Crippen molar-refractivity contribution in [2.45, 2.75) is 33.4 Å². The normalized spacial score (nSPS) is 12.2.